The zero-order valence-corrected chi connectivity index (χ0v) is 29.6. The molecule has 1 amide bonds. The van der Waals surface area contributed by atoms with Crippen molar-refractivity contribution in [2.24, 2.45) is 9.98 Å². The SMILES string of the molecule is Cc1cccc([C@H](NC(=O)OC(C)(C)C)[C@@H](N=C(c2ccccc2)c2ccccc2N=C([O-])[C@H]2CCCN2Cc2ccccc2)C(=O)[O-])c1.[Ni+2]. The molecule has 5 rings (SSSR count). The van der Waals surface area contributed by atoms with E-state index >= 15 is 0 Å². The molecule has 1 heterocycles. The smallest absolute Gasteiger partial charge is 0.861 e. The van der Waals surface area contributed by atoms with Crippen LogP contribution < -0.4 is 15.5 Å². The van der Waals surface area contributed by atoms with Crippen LogP contribution in [0, 0.1) is 6.92 Å². The number of carbonyl (C=O) groups is 2. The summed E-state index contributed by atoms with van der Waals surface area (Å²) in [6.45, 7) is 8.49. The molecule has 0 bridgehead atoms. The Hall–Kier alpha value is -4.79. The molecule has 0 spiro atoms. The van der Waals surface area contributed by atoms with Gasteiger partial charge in [-0.15, -0.1) is 0 Å². The molecule has 4 aromatic rings. The van der Waals surface area contributed by atoms with Crippen LogP contribution in [0.4, 0.5) is 10.5 Å². The van der Waals surface area contributed by atoms with Crippen LogP contribution in [0.5, 0.6) is 0 Å². The minimum atomic E-state index is -1.58. The van der Waals surface area contributed by atoms with Crippen molar-refractivity contribution in [3.8, 4) is 0 Å². The van der Waals surface area contributed by atoms with Crippen molar-refractivity contribution in [3.05, 3.63) is 137 Å². The molecule has 10 heteroatoms. The number of aliphatic carboxylic acids is 1. The van der Waals surface area contributed by atoms with Gasteiger partial charge in [0.25, 0.3) is 0 Å². The standard InChI is InChI=1S/C40H44N4O5.Ni/c1-27-15-13-20-30(25-27)35(43-39(48)49-40(2,3)4)36(38(46)47)42-34(29-18-9-6-10-19-29)31-21-11-12-22-32(31)41-37(45)33-23-14-24-44(33)26-28-16-7-5-8-17-28;/h5-13,15-22,25,33,35-36H,14,23-24,26H2,1-4H3,(H,41,45)(H,43,48)(H,46,47);/q;+2/p-2/t33-,35+,36-;/m1./s1. The molecular weight excluding hydrogens is 675 g/mol. The Morgan fingerprint density at radius 3 is 2.24 bits per heavy atom. The maximum Gasteiger partial charge on any atom is 2.00 e. The predicted octanol–water partition coefficient (Wildman–Crippen LogP) is 5.27. The molecule has 1 fully saturated rings. The fraction of sp³-hybridized carbons (Fsp3) is 0.300. The molecular formula is C40H42N4NiO5. The van der Waals surface area contributed by atoms with E-state index < -0.39 is 29.7 Å². The summed E-state index contributed by atoms with van der Waals surface area (Å²) in [5.74, 6) is -1.77. The number of hydrogen-bond donors (Lipinski definition) is 1. The number of carbonyl (C=O) groups excluding carboxylic acids is 2. The molecule has 50 heavy (non-hydrogen) atoms. The van der Waals surface area contributed by atoms with Crippen molar-refractivity contribution >= 4 is 29.4 Å². The van der Waals surface area contributed by atoms with Crippen LogP contribution in [0.15, 0.2) is 119 Å². The topological polar surface area (TPSA) is 129 Å². The van der Waals surface area contributed by atoms with Gasteiger partial charge in [-0.1, -0.05) is 109 Å². The van der Waals surface area contributed by atoms with Gasteiger partial charge in [-0.25, -0.2) is 4.79 Å². The third-order valence-electron chi connectivity index (χ3n) is 8.21. The molecule has 0 aromatic heterocycles. The average molecular weight is 717 g/mol. The number of likely N-dealkylation sites (tertiary alicyclic amines) is 1. The second-order valence-corrected chi connectivity index (χ2v) is 13.2. The zero-order chi connectivity index (χ0) is 35.0. The van der Waals surface area contributed by atoms with E-state index in [1.54, 1.807) is 63.2 Å². The summed E-state index contributed by atoms with van der Waals surface area (Å²) >= 11 is 0. The van der Waals surface area contributed by atoms with Crippen molar-refractivity contribution in [1.29, 1.82) is 0 Å². The Morgan fingerprint density at radius 1 is 0.920 bits per heavy atom. The summed E-state index contributed by atoms with van der Waals surface area (Å²) in [6.07, 6.45) is 0.785. The maximum absolute atomic E-state index is 13.8. The van der Waals surface area contributed by atoms with Crippen molar-refractivity contribution in [3.63, 3.8) is 0 Å². The van der Waals surface area contributed by atoms with Crippen LogP contribution in [-0.4, -0.2) is 52.8 Å². The molecule has 1 aliphatic heterocycles. The van der Waals surface area contributed by atoms with Crippen LogP contribution in [0.1, 0.15) is 67.5 Å². The van der Waals surface area contributed by atoms with Crippen LogP contribution in [0.3, 0.4) is 0 Å². The Labute approximate surface area is 304 Å². The fourth-order valence-electron chi connectivity index (χ4n) is 6.02. The molecule has 1 N–H and O–H groups in total. The van der Waals surface area contributed by atoms with Gasteiger partial charge in [-0.05, 0) is 70.2 Å². The van der Waals surface area contributed by atoms with Gasteiger partial charge in [0, 0.05) is 23.7 Å². The molecule has 262 valence electrons. The minimum absolute atomic E-state index is 0. The van der Waals surface area contributed by atoms with Crippen LogP contribution >= 0.6 is 0 Å². The van der Waals surface area contributed by atoms with E-state index in [9.17, 15) is 19.8 Å². The average Bonchev–Trinajstić information content (AvgIpc) is 3.53. The zero-order valence-electron chi connectivity index (χ0n) is 28.7. The summed E-state index contributed by atoms with van der Waals surface area (Å²) in [5, 5.41) is 29.5. The first kappa shape index (κ1) is 38.0. The second kappa shape index (κ2) is 17.2. The number of amides is 1. The van der Waals surface area contributed by atoms with Crippen LogP contribution in [0.2, 0.25) is 0 Å². The molecule has 3 atom stereocenters. The number of alkyl carbamates (subject to hydrolysis) is 1. The first-order chi connectivity index (χ1) is 23.5. The first-order valence-electron chi connectivity index (χ1n) is 16.5. The third-order valence-corrected chi connectivity index (χ3v) is 8.21. The summed E-state index contributed by atoms with van der Waals surface area (Å²) < 4.78 is 5.51. The molecule has 1 saturated heterocycles. The molecule has 4 aromatic carbocycles. The van der Waals surface area contributed by atoms with Gasteiger partial charge in [0.2, 0.25) is 0 Å². The van der Waals surface area contributed by atoms with E-state index in [4.69, 9.17) is 9.73 Å². The molecule has 0 saturated carbocycles. The fourth-order valence-corrected chi connectivity index (χ4v) is 6.02. The van der Waals surface area contributed by atoms with Gasteiger partial charge < -0.3 is 25.1 Å². The van der Waals surface area contributed by atoms with E-state index in [1.807, 2.05) is 73.7 Å². The Balaban J connectivity index is 0.00000562. The van der Waals surface area contributed by atoms with Gasteiger partial charge in [0.1, 0.15) is 11.6 Å². The number of ether oxygens (including phenoxy) is 1. The second-order valence-electron chi connectivity index (χ2n) is 13.2. The van der Waals surface area contributed by atoms with E-state index in [0.29, 0.717) is 35.3 Å². The Morgan fingerprint density at radius 2 is 1.58 bits per heavy atom. The molecule has 0 radical (unpaired) electrons. The van der Waals surface area contributed by atoms with Gasteiger partial charge in [0.15, 0.2) is 0 Å². The first-order valence-corrected chi connectivity index (χ1v) is 16.5. The summed E-state index contributed by atoms with van der Waals surface area (Å²) in [5.41, 5.74) is 3.43. The van der Waals surface area contributed by atoms with Crippen molar-refractivity contribution in [2.45, 2.75) is 70.8 Å². The van der Waals surface area contributed by atoms with Crippen molar-refractivity contribution in [1.82, 2.24) is 10.2 Å². The third kappa shape index (κ3) is 10.1. The number of hydrogen-bond acceptors (Lipinski definition) is 8. The number of carboxylic acid groups (broad SMARTS) is 1. The van der Waals surface area contributed by atoms with Crippen LogP contribution in [0.25, 0.3) is 0 Å². The molecule has 1 aliphatic rings. The van der Waals surface area contributed by atoms with E-state index in [-0.39, 0.29) is 34.1 Å². The number of nitrogens with zero attached hydrogens (tertiary/aromatic N) is 3. The number of para-hydroxylation sites is 1. The number of aliphatic imine (C=N–C) groups is 2. The Kier molecular flexibility index (Phi) is 13.1. The van der Waals surface area contributed by atoms with Gasteiger partial charge >= 0.3 is 22.6 Å². The van der Waals surface area contributed by atoms with E-state index in [1.165, 1.54) is 0 Å². The van der Waals surface area contributed by atoms with Gasteiger partial charge in [-0.3, -0.25) is 14.9 Å². The van der Waals surface area contributed by atoms with Crippen LogP contribution in [-0.2, 0) is 32.6 Å². The monoisotopic (exact) mass is 716 g/mol. The maximum atomic E-state index is 13.8. The number of carboxylic acids is 1. The normalized spacial score (nSPS) is 16.6. The summed E-state index contributed by atoms with van der Waals surface area (Å²) in [6, 6.07) is 30.3. The Bertz CT molecular complexity index is 1810. The predicted molar refractivity (Wildman–Crippen MR) is 188 cm³/mol. The number of benzene rings is 4. The number of nitrogens with one attached hydrogen (secondary N) is 1. The molecule has 9 nitrogen and oxygen atoms in total. The summed E-state index contributed by atoms with van der Waals surface area (Å²) in [4.78, 5) is 37.6. The number of rotatable bonds is 11. The van der Waals surface area contributed by atoms with Crippen molar-refractivity contribution in [2.75, 3.05) is 6.54 Å². The molecule has 0 unspecified atom stereocenters. The largest absolute Gasteiger partial charge is 2.00 e. The quantitative estimate of drug-likeness (QED) is 0.128. The molecule has 0 aliphatic carbocycles. The van der Waals surface area contributed by atoms with Gasteiger partial charge in [-0.2, -0.15) is 0 Å². The summed E-state index contributed by atoms with van der Waals surface area (Å²) in [7, 11) is 0. The van der Waals surface area contributed by atoms with Gasteiger partial charge in [0.05, 0.1) is 23.4 Å². The van der Waals surface area contributed by atoms with E-state index in [0.717, 1.165) is 24.1 Å². The van der Waals surface area contributed by atoms with E-state index in [2.05, 4.69) is 15.2 Å². The minimum Gasteiger partial charge on any atom is -0.861 e. The number of aryl methyl sites for hydroxylation is 1. The van der Waals surface area contributed by atoms with Crippen molar-refractivity contribution < 1.29 is 41.0 Å².